The lowest BCUT2D eigenvalue weighted by atomic mass is 10.1. The number of nitrogens with zero attached hydrogens (tertiary/aromatic N) is 1. The first kappa shape index (κ1) is 26.5. The largest absolute Gasteiger partial charge is 0.507 e. The van der Waals surface area contributed by atoms with E-state index in [9.17, 15) is 5.11 Å². The summed E-state index contributed by atoms with van der Waals surface area (Å²) in [7, 11) is 0. The van der Waals surface area contributed by atoms with E-state index in [0.29, 0.717) is 23.8 Å². The average molecular weight is 452 g/mol. The van der Waals surface area contributed by atoms with E-state index in [4.69, 9.17) is 9.47 Å². The molecule has 180 valence electrons. The van der Waals surface area contributed by atoms with E-state index < -0.39 is 0 Å². The Morgan fingerprint density at radius 2 is 1.58 bits per heavy atom. The molecule has 2 aromatic rings. The van der Waals surface area contributed by atoms with E-state index in [2.05, 4.69) is 25.4 Å². The van der Waals surface area contributed by atoms with Crippen LogP contribution in [0.25, 0.3) is 0 Å². The molecule has 2 rings (SSSR count). The summed E-state index contributed by atoms with van der Waals surface area (Å²) in [5, 5.41) is 10.3. The summed E-state index contributed by atoms with van der Waals surface area (Å²) in [6, 6.07) is 13.1. The number of hydrogen-bond donors (Lipinski definition) is 1. The molecule has 2 aromatic carbocycles. The fourth-order valence-electron chi connectivity index (χ4n) is 3.32. The van der Waals surface area contributed by atoms with E-state index >= 15 is 0 Å². The van der Waals surface area contributed by atoms with Gasteiger partial charge in [-0.2, -0.15) is 0 Å². The van der Waals surface area contributed by atoms with Gasteiger partial charge in [-0.15, -0.1) is 6.58 Å². The summed E-state index contributed by atoms with van der Waals surface area (Å²) in [6.07, 6.45) is 14.5. The number of phenols is 1. The van der Waals surface area contributed by atoms with Crippen LogP contribution in [0.2, 0.25) is 0 Å². The standard InChI is InChI=1S/C29H41NO3/c1-4-6-7-8-9-10-11-12-13-20-32-28-17-14-25(29(31)21-28)22-30-26-15-18-27(19-16-26)33-23-24(3)5-2/h4,14-19,21-22,24,31H,1,5-13,20,23H2,2-3H3/t24-/m0/s1. The van der Waals surface area contributed by atoms with E-state index in [0.717, 1.165) is 37.3 Å². The first-order chi connectivity index (χ1) is 16.1. The van der Waals surface area contributed by atoms with Crippen LogP contribution in [0, 0.1) is 5.92 Å². The van der Waals surface area contributed by atoms with Crippen molar-refractivity contribution >= 4 is 11.9 Å². The summed E-state index contributed by atoms with van der Waals surface area (Å²) >= 11 is 0. The maximum atomic E-state index is 10.3. The van der Waals surface area contributed by atoms with Crippen LogP contribution in [0.4, 0.5) is 5.69 Å². The molecule has 0 saturated carbocycles. The fraction of sp³-hybridized carbons (Fsp3) is 0.483. The number of rotatable bonds is 17. The van der Waals surface area contributed by atoms with Crippen molar-refractivity contribution in [1.82, 2.24) is 0 Å². The van der Waals surface area contributed by atoms with Gasteiger partial charge in [0.15, 0.2) is 0 Å². The first-order valence-electron chi connectivity index (χ1n) is 12.5. The number of aromatic hydroxyl groups is 1. The Labute approximate surface area is 200 Å². The molecule has 1 atom stereocenters. The lowest BCUT2D eigenvalue weighted by Gasteiger charge is -2.10. The molecule has 0 radical (unpaired) electrons. The van der Waals surface area contributed by atoms with E-state index in [-0.39, 0.29) is 5.75 Å². The molecule has 0 aliphatic heterocycles. The summed E-state index contributed by atoms with van der Waals surface area (Å²) < 4.78 is 11.6. The van der Waals surface area contributed by atoms with Crippen LogP contribution in [-0.4, -0.2) is 24.5 Å². The highest BCUT2D eigenvalue weighted by molar-refractivity contribution is 5.85. The molecule has 0 bridgehead atoms. The molecule has 4 nitrogen and oxygen atoms in total. The third kappa shape index (κ3) is 11.1. The number of hydrogen-bond acceptors (Lipinski definition) is 4. The highest BCUT2D eigenvalue weighted by atomic mass is 16.5. The Hall–Kier alpha value is -2.75. The Balaban J connectivity index is 1.70. The number of aliphatic imine (C=N–C) groups is 1. The topological polar surface area (TPSA) is 51.0 Å². The summed E-state index contributed by atoms with van der Waals surface area (Å²) in [4.78, 5) is 4.46. The van der Waals surface area contributed by atoms with Gasteiger partial charge in [-0.05, 0) is 61.6 Å². The van der Waals surface area contributed by atoms with Crippen molar-refractivity contribution in [3.63, 3.8) is 0 Å². The van der Waals surface area contributed by atoms with Gasteiger partial charge in [-0.3, -0.25) is 4.99 Å². The number of ether oxygens (including phenoxy) is 2. The van der Waals surface area contributed by atoms with Crippen LogP contribution in [0.15, 0.2) is 60.1 Å². The monoisotopic (exact) mass is 451 g/mol. The van der Waals surface area contributed by atoms with Crippen molar-refractivity contribution in [1.29, 1.82) is 0 Å². The van der Waals surface area contributed by atoms with Crippen molar-refractivity contribution in [3.8, 4) is 17.2 Å². The molecule has 0 amide bonds. The predicted octanol–water partition coefficient (Wildman–Crippen LogP) is 8.25. The second kappa shape index (κ2) is 16.0. The molecular weight excluding hydrogens is 410 g/mol. The van der Waals surface area contributed by atoms with Crippen LogP contribution in [-0.2, 0) is 0 Å². The van der Waals surface area contributed by atoms with Crippen molar-refractivity contribution < 1.29 is 14.6 Å². The molecule has 0 saturated heterocycles. The molecular formula is C29H41NO3. The van der Waals surface area contributed by atoms with Gasteiger partial charge in [0.2, 0.25) is 0 Å². The summed E-state index contributed by atoms with van der Waals surface area (Å²) in [5.74, 6) is 2.25. The van der Waals surface area contributed by atoms with Gasteiger partial charge in [0, 0.05) is 17.8 Å². The molecule has 0 aromatic heterocycles. The van der Waals surface area contributed by atoms with Crippen LogP contribution in [0.3, 0.4) is 0 Å². The maximum absolute atomic E-state index is 10.3. The first-order valence-corrected chi connectivity index (χ1v) is 12.5. The van der Waals surface area contributed by atoms with E-state index in [1.54, 1.807) is 12.3 Å². The molecule has 0 aliphatic rings. The SMILES string of the molecule is C=CCCCCCCCCCOc1ccc(C=Nc2ccc(OC[C@@H](C)CC)cc2)c(O)c1. The normalized spacial score (nSPS) is 12.1. The van der Waals surface area contributed by atoms with E-state index in [1.807, 2.05) is 42.5 Å². The molecule has 0 fully saturated rings. The van der Waals surface area contributed by atoms with Gasteiger partial charge < -0.3 is 14.6 Å². The van der Waals surface area contributed by atoms with Crippen molar-refractivity contribution in [2.75, 3.05) is 13.2 Å². The Bertz CT molecular complexity index is 829. The van der Waals surface area contributed by atoms with Crippen LogP contribution < -0.4 is 9.47 Å². The average Bonchev–Trinajstić information content (AvgIpc) is 2.83. The highest BCUT2D eigenvalue weighted by Crippen LogP contribution is 2.24. The van der Waals surface area contributed by atoms with Gasteiger partial charge >= 0.3 is 0 Å². The van der Waals surface area contributed by atoms with Crippen LogP contribution in [0.5, 0.6) is 17.2 Å². The maximum Gasteiger partial charge on any atom is 0.128 e. The molecule has 1 N–H and O–H groups in total. The number of unbranched alkanes of at least 4 members (excludes halogenated alkanes) is 7. The van der Waals surface area contributed by atoms with Crippen molar-refractivity contribution in [2.45, 2.75) is 71.6 Å². The van der Waals surface area contributed by atoms with Crippen molar-refractivity contribution in [3.05, 3.63) is 60.7 Å². The molecule has 33 heavy (non-hydrogen) atoms. The molecule has 0 aliphatic carbocycles. The van der Waals surface area contributed by atoms with Gasteiger partial charge in [-0.25, -0.2) is 0 Å². The van der Waals surface area contributed by atoms with Gasteiger partial charge in [0.05, 0.1) is 18.9 Å². The summed E-state index contributed by atoms with van der Waals surface area (Å²) in [6.45, 7) is 9.49. The third-order valence-corrected chi connectivity index (χ3v) is 5.74. The second-order valence-corrected chi connectivity index (χ2v) is 8.70. The Morgan fingerprint density at radius 1 is 0.909 bits per heavy atom. The third-order valence-electron chi connectivity index (χ3n) is 5.74. The lowest BCUT2D eigenvalue weighted by Crippen LogP contribution is -2.06. The van der Waals surface area contributed by atoms with E-state index in [1.165, 1.54) is 38.5 Å². The molecule has 4 heteroatoms. The molecule has 0 spiro atoms. The van der Waals surface area contributed by atoms with Crippen molar-refractivity contribution in [2.24, 2.45) is 10.9 Å². The predicted molar refractivity (Wildman–Crippen MR) is 139 cm³/mol. The highest BCUT2D eigenvalue weighted by Gasteiger charge is 2.03. The summed E-state index contributed by atoms with van der Waals surface area (Å²) in [5.41, 5.74) is 1.47. The lowest BCUT2D eigenvalue weighted by molar-refractivity contribution is 0.256. The number of allylic oxidation sites excluding steroid dienone is 1. The quantitative estimate of drug-likeness (QED) is 0.150. The smallest absolute Gasteiger partial charge is 0.128 e. The minimum atomic E-state index is 0.171. The van der Waals surface area contributed by atoms with Gasteiger partial charge in [-0.1, -0.05) is 58.4 Å². The molecule has 0 heterocycles. The zero-order valence-electron chi connectivity index (χ0n) is 20.5. The number of phenolic OH excluding ortho intramolecular Hbond substituents is 1. The van der Waals surface area contributed by atoms with Gasteiger partial charge in [0.25, 0.3) is 0 Å². The second-order valence-electron chi connectivity index (χ2n) is 8.70. The van der Waals surface area contributed by atoms with Crippen LogP contribution in [0.1, 0.15) is 77.2 Å². The fourth-order valence-corrected chi connectivity index (χ4v) is 3.32. The Morgan fingerprint density at radius 3 is 2.24 bits per heavy atom. The Kier molecular flexibility index (Phi) is 12.8. The minimum Gasteiger partial charge on any atom is -0.507 e. The number of benzene rings is 2. The van der Waals surface area contributed by atoms with Crippen LogP contribution >= 0.6 is 0 Å². The van der Waals surface area contributed by atoms with Gasteiger partial charge in [0.1, 0.15) is 17.2 Å². The zero-order valence-corrected chi connectivity index (χ0v) is 20.5. The molecule has 0 unspecified atom stereocenters. The zero-order chi connectivity index (χ0) is 23.7. The minimum absolute atomic E-state index is 0.171.